The van der Waals surface area contributed by atoms with Crippen molar-refractivity contribution >= 4 is 11.0 Å². The van der Waals surface area contributed by atoms with Crippen molar-refractivity contribution in [3.63, 3.8) is 0 Å². The number of fused-ring (bicyclic) bond motifs is 1. The Labute approximate surface area is 106 Å². The molecule has 1 radical (unpaired) electrons. The molecule has 0 fully saturated rings. The lowest BCUT2D eigenvalue weighted by atomic mass is 10.2. The van der Waals surface area contributed by atoms with Gasteiger partial charge in [-0.15, -0.1) is 0 Å². The lowest BCUT2D eigenvalue weighted by Crippen LogP contribution is -2.01. The van der Waals surface area contributed by atoms with Crippen LogP contribution < -0.4 is 0 Å². The molecule has 0 saturated heterocycles. The molecule has 0 bridgehead atoms. The number of benzene rings is 2. The molecular formula is C15H13N2O. The van der Waals surface area contributed by atoms with Gasteiger partial charge in [-0.2, -0.15) is 0 Å². The monoisotopic (exact) mass is 237 g/mol. The minimum Gasteiger partial charge on any atom is -0.356 e. The van der Waals surface area contributed by atoms with Crippen LogP contribution in [0.15, 0.2) is 54.6 Å². The Morgan fingerprint density at radius 1 is 1.00 bits per heavy atom. The van der Waals surface area contributed by atoms with E-state index >= 15 is 0 Å². The van der Waals surface area contributed by atoms with Crippen LogP contribution in [-0.2, 0) is 18.1 Å². The average Bonchev–Trinajstić information content (AvgIpc) is 2.84. The number of imidazole rings is 1. The van der Waals surface area contributed by atoms with Crippen molar-refractivity contribution in [2.75, 3.05) is 0 Å². The topological polar surface area (TPSA) is 27.1 Å². The van der Waals surface area contributed by atoms with Crippen LogP contribution in [0.1, 0.15) is 5.56 Å². The first-order chi connectivity index (χ1) is 8.93. The van der Waals surface area contributed by atoms with Gasteiger partial charge in [-0.3, -0.25) is 4.57 Å². The summed E-state index contributed by atoms with van der Waals surface area (Å²) in [5, 5.41) is 0. The van der Waals surface area contributed by atoms with E-state index in [0.29, 0.717) is 13.3 Å². The highest BCUT2D eigenvalue weighted by Gasteiger charge is 2.01. The van der Waals surface area contributed by atoms with Crippen LogP contribution in [0.4, 0.5) is 0 Å². The minimum absolute atomic E-state index is 0.468. The summed E-state index contributed by atoms with van der Waals surface area (Å²) in [7, 11) is 0. The Kier molecular flexibility index (Phi) is 3.07. The Balaban J connectivity index is 1.67. The lowest BCUT2D eigenvalue weighted by Gasteiger charge is -2.05. The average molecular weight is 237 g/mol. The summed E-state index contributed by atoms with van der Waals surface area (Å²) in [6.45, 7) is 1.07. The number of aromatic nitrogens is 2. The third kappa shape index (κ3) is 2.26. The van der Waals surface area contributed by atoms with Gasteiger partial charge in [0.15, 0.2) is 6.33 Å². The number of rotatable bonds is 4. The van der Waals surface area contributed by atoms with Crippen LogP contribution in [0.2, 0.25) is 0 Å². The Morgan fingerprint density at radius 2 is 1.78 bits per heavy atom. The molecule has 0 unspecified atom stereocenters. The van der Waals surface area contributed by atoms with Gasteiger partial charge >= 0.3 is 0 Å². The van der Waals surface area contributed by atoms with Gasteiger partial charge in [0.05, 0.1) is 17.6 Å². The van der Waals surface area contributed by atoms with Gasteiger partial charge < -0.3 is 4.74 Å². The van der Waals surface area contributed by atoms with E-state index in [4.69, 9.17) is 4.74 Å². The molecule has 0 aliphatic rings. The number of para-hydroxylation sites is 2. The zero-order valence-electron chi connectivity index (χ0n) is 9.91. The molecule has 3 rings (SSSR count). The van der Waals surface area contributed by atoms with Gasteiger partial charge in [-0.1, -0.05) is 42.5 Å². The second-order valence-electron chi connectivity index (χ2n) is 4.09. The van der Waals surface area contributed by atoms with Gasteiger partial charge in [0.2, 0.25) is 0 Å². The summed E-state index contributed by atoms with van der Waals surface area (Å²) >= 11 is 0. The van der Waals surface area contributed by atoms with Gasteiger partial charge in [-0.05, 0) is 17.7 Å². The molecule has 0 spiro atoms. The predicted molar refractivity (Wildman–Crippen MR) is 69.8 cm³/mol. The fourth-order valence-electron chi connectivity index (χ4n) is 1.88. The van der Waals surface area contributed by atoms with Crippen LogP contribution in [-0.4, -0.2) is 9.55 Å². The maximum atomic E-state index is 5.66. The lowest BCUT2D eigenvalue weighted by molar-refractivity contribution is 0.0659. The first kappa shape index (κ1) is 11.0. The molecule has 3 aromatic rings. The minimum atomic E-state index is 0.468. The molecular weight excluding hydrogens is 224 g/mol. The van der Waals surface area contributed by atoms with Crippen molar-refractivity contribution in [1.29, 1.82) is 0 Å². The molecule has 3 heteroatoms. The summed E-state index contributed by atoms with van der Waals surface area (Å²) in [6.07, 6.45) is 2.94. The molecule has 0 saturated carbocycles. The fraction of sp³-hybridized carbons (Fsp3) is 0.133. The highest BCUT2D eigenvalue weighted by Crippen LogP contribution is 2.11. The second-order valence-corrected chi connectivity index (χ2v) is 4.09. The normalized spacial score (nSPS) is 10.9. The van der Waals surface area contributed by atoms with Crippen molar-refractivity contribution in [1.82, 2.24) is 9.55 Å². The van der Waals surface area contributed by atoms with E-state index in [1.807, 2.05) is 47.0 Å². The molecule has 3 nitrogen and oxygen atoms in total. The van der Waals surface area contributed by atoms with Crippen molar-refractivity contribution in [3.8, 4) is 0 Å². The first-order valence-corrected chi connectivity index (χ1v) is 5.88. The molecule has 1 aromatic heterocycles. The quantitative estimate of drug-likeness (QED) is 0.697. The zero-order valence-corrected chi connectivity index (χ0v) is 9.91. The largest absolute Gasteiger partial charge is 0.356 e. The van der Waals surface area contributed by atoms with Gasteiger partial charge in [-0.25, -0.2) is 4.98 Å². The molecule has 2 aromatic carbocycles. The number of hydrogen-bond donors (Lipinski definition) is 0. The molecule has 89 valence electrons. The highest BCUT2D eigenvalue weighted by molar-refractivity contribution is 5.74. The van der Waals surface area contributed by atoms with Crippen LogP contribution in [0.25, 0.3) is 11.0 Å². The van der Waals surface area contributed by atoms with E-state index in [1.54, 1.807) is 0 Å². The highest BCUT2D eigenvalue weighted by atomic mass is 16.5. The number of nitrogens with zero attached hydrogens (tertiary/aromatic N) is 2. The van der Waals surface area contributed by atoms with E-state index in [9.17, 15) is 0 Å². The van der Waals surface area contributed by atoms with Gasteiger partial charge in [0, 0.05) is 0 Å². The first-order valence-electron chi connectivity index (χ1n) is 5.88. The maximum absolute atomic E-state index is 5.66. The second kappa shape index (κ2) is 5.02. The van der Waals surface area contributed by atoms with Crippen LogP contribution in [0.3, 0.4) is 0 Å². The maximum Gasteiger partial charge on any atom is 0.179 e. The molecule has 0 N–H and O–H groups in total. The van der Waals surface area contributed by atoms with E-state index in [1.165, 1.54) is 5.56 Å². The van der Waals surface area contributed by atoms with Crippen molar-refractivity contribution < 1.29 is 4.74 Å². The molecule has 18 heavy (non-hydrogen) atoms. The molecule has 0 amide bonds. The van der Waals surface area contributed by atoms with Crippen LogP contribution in [0, 0.1) is 6.33 Å². The molecule has 0 aliphatic heterocycles. The van der Waals surface area contributed by atoms with E-state index in [0.717, 1.165) is 11.0 Å². The summed E-state index contributed by atoms with van der Waals surface area (Å²) < 4.78 is 7.55. The van der Waals surface area contributed by atoms with E-state index < -0.39 is 0 Å². The number of hydrogen-bond acceptors (Lipinski definition) is 2. The predicted octanol–water partition coefficient (Wildman–Crippen LogP) is 3.01. The number of ether oxygens (including phenoxy) is 1. The van der Waals surface area contributed by atoms with Gasteiger partial charge in [0.25, 0.3) is 0 Å². The smallest absolute Gasteiger partial charge is 0.179 e. The Bertz CT molecular complexity index is 631. The summed E-state index contributed by atoms with van der Waals surface area (Å²) in [5.41, 5.74) is 3.16. The van der Waals surface area contributed by atoms with Crippen molar-refractivity contribution in [2.45, 2.75) is 13.3 Å². The SMILES string of the molecule is [c]1nc2ccccc2n1COCc1ccccc1. The Hall–Kier alpha value is -2.13. The van der Waals surface area contributed by atoms with E-state index in [-0.39, 0.29) is 0 Å². The third-order valence-corrected chi connectivity index (χ3v) is 2.80. The summed E-state index contributed by atoms with van der Waals surface area (Å²) in [6, 6.07) is 18.1. The summed E-state index contributed by atoms with van der Waals surface area (Å²) in [5.74, 6) is 0. The molecule has 1 heterocycles. The fourth-order valence-corrected chi connectivity index (χ4v) is 1.88. The Morgan fingerprint density at radius 3 is 2.67 bits per heavy atom. The van der Waals surface area contributed by atoms with Crippen molar-refractivity contribution in [2.24, 2.45) is 0 Å². The molecule has 0 atom stereocenters. The van der Waals surface area contributed by atoms with Crippen molar-refractivity contribution in [3.05, 3.63) is 66.5 Å². The van der Waals surface area contributed by atoms with Crippen LogP contribution in [0.5, 0.6) is 0 Å². The zero-order chi connectivity index (χ0) is 12.2. The van der Waals surface area contributed by atoms with Crippen LogP contribution >= 0.6 is 0 Å². The van der Waals surface area contributed by atoms with Gasteiger partial charge in [0.1, 0.15) is 6.73 Å². The summed E-state index contributed by atoms with van der Waals surface area (Å²) in [4.78, 5) is 4.20. The standard InChI is InChI=1S/C15H13N2O/c1-2-6-13(7-3-1)10-18-12-17-11-16-14-8-4-5-9-15(14)17/h1-9H,10,12H2. The third-order valence-electron chi connectivity index (χ3n) is 2.80. The molecule has 0 aliphatic carbocycles. The van der Waals surface area contributed by atoms with E-state index in [2.05, 4.69) is 23.4 Å².